The minimum Gasteiger partial charge on any atom is -0.456 e. The van der Waals surface area contributed by atoms with Gasteiger partial charge in [0.15, 0.2) is 5.79 Å². The summed E-state index contributed by atoms with van der Waals surface area (Å²) in [6, 6.07) is 8.87. The van der Waals surface area contributed by atoms with Gasteiger partial charge < -0.3 is 19.3 Å². The second-order valence-electron chi connectivity index (χ2n) is 7.16. The Balaban J connectivity index is 1.69. The minimum atomic E-state index is -0.632. The summed E-state index contributed by atoms with van der Waals surface area (Å²) in [5, 5.41) is 10.2. The molecule has 0 aromatic heterocycles. The molecule has 1 spiro atoms. The molecule has 2 aliphatic rings. The van der Waals surface area contributed by atoms with Gasteiger partial charge in [-0.2, -0.15) is 0 Å². The maximum absolute atomic E-state index is 12.5. The van der Waals surface area contributed by atoms with Gasteiger partial charge in [-0.3, -0.25) is 0 Å². The van der Waals surface area contributed by atoms with Gasteiger partial charge in [0.05, 0.1) is 18.3 Å². The van der Waals surface area contributed by atoms with Crippen molar-refractivity contribution in [1.82, 2.24) is 0 Å². The van der Waals surface area contributed by atoms with Gasteiger partial charge in [-0.25, -0.2) is 4.79 Å². The first kappa shape index (κ1) is 19.1. The Morgan fingerprint density at radius 3 is 2.73 bits per heavy atom. The summed E-state index contributed by atoms with van der Waals surface area (Å²) in [6.07, 6.45) is 5.97. The van der Waals surface area contributed by atoms with E-state index in [0.717, 1.165) is 25.7 Å². The van der Waals surface area contributed by atoms with Crippen LogP contribution in [-0.2, 0) is 14.2 Å². The molecule has 1 aliphatic carbocycles. The SMILES string of the molecule is C=CC[C@H](O)C[C@H](OC(=O)c1ccccc1)[C@H]1COC2(CCCCC2)O1. The number of esters is 1. The van der Waals surface area contributed by atoms with Crippen molar-refractivity contribution >= 4 is 5.97 Å². The van der Waals surface area contributed by atoms with Crippen molar-refractivity contribution < 1.29 is 24.1 Å². The summed E-state index contributed by atoms with van der Waals surface area (Å²) < 4.78 is 18.0. The fourth-order valence-corrected chi connectivity index (χ4v) is 3.73. The summed E-state index contributed by atoms with van der Waals surface area (Å²) in [5.74, 6) is -0.946. The quantitative estimate of drug-likeness (QED) is 0.594. The number of aliphatic hydroxyl groups is 1. The summed E-state index contributed by atoms with van der Waals surface area (Å²) in [5.41, 5.74) is 0.488. The highest BCUT2D eigenvalue weighted by molar-refractivity contribution is 5.89. The molecule has 26 heavy (non-hydrogen) atoms. The molecule has 0 radical (unpaired) electrons. The molecule has 1 aliphatic heterocycles. The smallest absolute Gasteiger partial charge is 0.338 e. The molecule has 1 saturated carbocycles. The van der Waals surface area contributed by atoms with Crippen molar-refractivity contribution in [1.29, 1.82) is 0 Å². The van der Waals surface area contributed by atoms with Crippen LogP contribution in [0.4, 0.5) is 0 Å². The number of carbonyl (C=O) groups excluding carboxylic acids is 1. The van der Waals surface area contributed by atoms with Crippen LogP contribution in [0.2, 0.25) is 0 Å². The molecule has 1 N–H and O–H groups in total. The highest BCUT2D eigenvalue weighted by Gasteiger charge is 2.46. The lowest BCUT2D eigenvalue weighted by atomic mass is 9.94. The van der Waals surface area contributed by atoms with Crippen LogP contribution in [0, 0.1) is 0 Å². The molecule has 1 heterocycles. The van der Waals surface area contributed by atoms with E-state index in [1.165, 1.54) is 6.42 Å². The molecule has 0 bridgehead atoms. The molecule has 5 heteroatoms. The molecular formula is C21H28O5. The third kappa shape index (κ3) is 4.72. The van der Waals surface area contributed by atoms with Crippen LogP contribution in [0.15, 0.2) is 43.0 Å². The number of hydrogen-bond donors (Lipinski definition) is 1. The molecule has 3 rings (SSSR count). The summed E-state index contributed by atoms with van der Waals surface area (Å²) in [6.45, 7) is 4.04. The molecular weight excluding hydrogens is 332 g/mol. The van der Waals surface area contributed by atoms with Gasteiger partial charge >= 0.3 is 5.97 Å². The molecule has 2 fully saturated rings. The zero-order valence-electron chi connectivity index (χ0n) is 15.1. The van der Waals surface area contributed by atoms with Crippen LogP contribution in [0.25, 0.3) is 0 Å². The van der Waals surface area contributed by atoms with E-state index in [1.807, 2.05) is 6.07 Å². The lowest BCUT2D eigenvalue weighted by Crippen LogP contribution is -2.39. The molecule has 0 unspecified atom stereocenters. The fraction of sp³-hybridized carbons (Fsp3) is 0.571. The summed E-state index contributed by atoms with van der Waals surface area (Å²) in [7, 11) is 0. The average Bonchev–Trinajstić information content (AvgIpc) is 3.06. The fourth-order valence-electron chi connectivity index (χ4n) is 3.73. The lowest BCUT2D eigenvalue weighted by Gasteiger charge is -2.33. The molecule has 1 aromatic carbocycles. The van der Waals surface area contributed by atoms with Crippen LogP contribution < -0.4 is 0 Å². The number of aliphatic hydroxyl groups excluding tert-OH is 1. The van der Waals surface area contributed by atoms with Crippen LogP contribution in [-0.4, -0.2) is 41.8 Å². The van der Waals surface area contributed by atoms with Crippen LogP contribution >= 0.6 is 0 Å². The van der Waals surface area contributed by atoms with Crippen LogP contribution in [0.1, 0.15) is 55.3 Å². The number of benzene rings is 1. The van der Waals surface area contributed by atoms with E-state index >= 15 is 0 Å². The van der Waals surface area contributed by atoms with Crippen molar-refractivity contribution in [3.8, 4) is 0 Å². The number of rotatable bonds is 7. The monoisotopic (exact) mass is 360 g/mol. The van der Waals surface area contributed by atoms with Gasteiger partial charge in [0.2, 0.25) is 0 Å². The minimum absolute atomic E-state index is 0.300. The number of hydrogen-bond acceptors (Lipinski definition) is 5. The van der Waals surface area contributed by atoms with Crippen molar-refractivity contribution in [2.45, 2.75) is 69.0 Å². The molecule has 1 saturated heterocycles. The third-order valence-electron chi connectivity index (χ3n) is 5.12. The molecule has 5 nitrogen and oxygen atoms in total. The molecule has 142 valence electrons. The van der Waals surface area contributed by atoms with Crippen LogP contribution in [0.5, 0.6) is 0 Å². The second kappa shape index (κ2) is 8.80. The normalized spacial score (nSPS) is 24.1. The maximum atomic E-state index is 12.5. The van der Waals surface area contributed by atoms with E-state index in [1.54, 1.807) is 30.3 Å². The first-order valence-corrected chi connectivity index (χ1v) is 9.49. The predicted octanol–water partition coefficient (Wildman–Crippen LogP) is 3.61. The Labute approximate surface area is 155 Å². The number of ether oxygens (including phenoxy) is 3. The highest BCUT2D eigenvalue weighted by Crippen LogP contribution is 2.39. The second-order valence-corrected chi connectivity index (χ2v) is 7.16. The predicted molar refractivity (Wildman–Crippen MR) is 97.7 cm³/mol. The van der Waals surface area contributed by atoms with E-state index < -0.39 is 24.0 Å². The first-order valence-electron chi connectivity index (χ1n) is 9.49. The Morgan fingerprint density at radius 2 is 2.04 bits per heavy atom. The van der Waals surface area contributed by atoms with Gasteiger partial charge in [0.1, 0.15) is 12.2 Å². The zero-order chi connectivity index (χ0) is 18.4. The Bertz CT molecular complexity index is 594. The van der Waals surface area contributed by atoms with Crippen molar-refractivity contribution in [2.24, 2.45) is 0 Å². The van der Waals surface area contributed by atoms with Gasteiger partial charge in [0, 0.05) is 19.3 Å². The van der Waals surface area contributed by atoms with E-state index in [2.05, 4.69) is 6.58 Å². The lowest BCUT2D eigenvalue weighted by molar-refractivity contribution is -0.197. The van der Waals surface area contributed by atoms with Gasteiger partial charge in [0.25, 0.3) is 0 Å². The van der Waals surface area contributed by atoms with E-state index in [0.29, 0.717) is 25.0 Å². The molecule has 1 aromatic rings. The largest absolute Gasteiger partial charge is 0.456 e. The number of carbonyl (C=O) groups is 1. The van der Waals surface area contributed by atoms with Crippen molar-refractivity contribution in [3.63, 3.8) is 0 Å². The van der Waals surface area contributed by atoms with Gasteiger partial charge in [-0.05, 0) is 31.4 Å². The van der Waals surface area contributed by atoms with E-state index in [4.69, 9.17) is 14.2 Å². The van der Waals surface area contributed by atoms with E-state index in [-0.39, 0.29) is 6.10 Å². The van der Waals surface area contributed by atoms with Gasteiger partial charge in [-0.15, -0.1) is 6.58 Å². The zero-order valence-corrected chi connectivity index (χ0v) is 15.1. The van der Waals surface area contributed by atoms with Crippen molar-refractivity contribution in [2.75, 3.05) is 6.61 Å². The summed E-state index contributed by atoms with van der Waals surface area (Å²) >= 11 is 0. The maximum Gasteiger partial charge on any atom is 0.338 e. The molecule has 0 amide bonds. The van der Waals surface area contributed by atoms with Crippen LogP contribution in [0.3, 0.4) is 0 Å². The Hall–Kier alpha value is -1.69. The van der Waals surface area contributed by atoms with Gasteiger partial charge in [-0.1, -0.05) is 30.7 Å². The molecule has 3 atom stereocenters. The third-order valence-corrected chi connectivity index (χ3v) is 5.12. The van der Waals surface area contributed by atoms with Crippen molar-refractivity contribution in [3.05, 3.63) is 48.6 Å². The highest BCUT2D eigenvalue weighted by atomic mass is 16.8. The standard InChI is InChI=1S/C21H28O5/c1-2-9-17(22)14-18(25-20(23)16-10-5-3-6-11-16)19-15-24-21(26-19)12-7-4-8-13-21/h2-3,5-6,10-11,17-19,22H,1,4,7-9,12-15H2/t17-,18-,19+/m0/s1. The Kier molecular flexibility index (Phi) is 6.46. The summed E-state index contributed by atoms with van der Waals surface area (Å²) in [4.78, 5) is 12.5. The average molecular weight is 360 g/mol. The Morgan fingerprint density at radius 1 is 1.31 bits per heavy atom. The van der Waals surface area contributed by atoms with E-state index in [9.17, 15) is 9.90 Å². The first-order chi connectivity index (χ1) is 12.6. The topological polar surface area (TPSA) is 65.0 Å².